The number of carbonyl (C=O) groups excluding carboxylic acids is 2. The summed E-state index contributed by atoms with van der Waals surface area (Å²) < 4.78 is 18.5. The average Bonchev–Trinajstić information content (AvgIpc) is 2.51. The molecule has 0 fully saturated rings. The number of amides is 2. The number of hydrogen-bond acceptors (Lipinski definition) is 3. The van der Waals surface area contributed by atoms with Crippen molar-refractivity contribution < 1.29 is 18.7 Å². The Bertz CT molecular complexity index is 750. The highest BCUT2D eigenvalue weighted by atomic mass is 35.5. The zero-order valence-corrected chi connectivity index (χ0v) is 13.9. The third kappa shape index (κ3) is 4.96. The molecule has 7 heteroatoms. The van der Waals surface area contributed by atoms with Gasteiger partial charge in [-0.3, -0.25) is 9.59 Å². The van der Waals surface area contributed by atoms with Crippen LogP contribution in [0.15, 0.2) is 42.5 Å². The third-order valence-electron chi connectivity index (χ3n) is 3.05. The molecule has 0 saturated carbocycles. The van der Waals surface area contributed by atoms with E-state index in [1.54, 1.807) is 31.2 Å². The minimum absolute atomic E-state index is 0.107. The van der Waals surface area contributed by atoms with Gasteiger partial charge in [-0.1, -0.05) is 11.6 Å². The monoisotopic (exact) mass is 350 g/mol. The van der Waals surface area contributed by atoms with Crippen LogP contribution in [0.5, 0.6) is 5.75 Å². The van der Waals surface area contributed by atoms with Gasteiger partial charge in [0.1, 0.15) is 11.6 Å². The van der Waals surface area contributed by atoms with Crippen LogP contribution in [0, 0.1) is 5.82 Å². The molecule has 0 radical (unpaired) electrons. The van der Waals surface area contributed by atoms with Crippen molar-refractivity contribution in [3.05, 3.63) is 53.3 Å². The summed E-state index contributed by atoms with van der Waals surface area (Å²) in [6.07, 6.45) is -0.794. The molecule has 0 bridgehead atoms. The number of anilines is 2. The lowest BCUT2D eigenvalue weighted by Crippen LogP contribution is -2.30. The second kappa shape index (κ2) is 7.79. The molecule has 2 aromatic carbocycles. The molecule has 2 amide bonds. The molecule has 2 N–H and O–H groups in total. The van der Waals surface area contributed by atoms with E-state index in [1.165, 1.54) is 19.1 Å². The highest BCUT2D eigenvalue weighted by Crippen LogP contribution is 2.23. The lowest BCUT2D eigenvalue weighted by atomic mass is 10.2. The number of ether oxygens (including phenoxy) is 1. The van der Waals surface area contributed by atoms with Crippen molar-refractivity contribution >= 4 is 34.8 Å². The molecule has 0 aliphatic carbocycles. The molecular formula is C17H16ClFN2O3. The minimum Gasteiger partial charge on any atom is -0.481 e. The van der Waals surface area contributed by atoms with E-state index in [4.69, 9.17) is 16.3 Å². The first kappa shape index (κ1) is 17.7. The quantitative estimate of drug-likeness (QED) is 0.860. The smallest absolute Gasteiger partial charge is 0.265 e. The maximum atomic E-state index is 13.0. The first-order chi connectivity index (χ1) is 11.3. The Morgan fingerprint density at radius 1 is 1.12 bits per heavy atom. The molecule has 0 aromatic heterocycles. The van der Waals surface area contributed by atoms with E-state index in [0.29, 0.717) is 17.1 Å². The first-order valence-corrected chi connectivity index (χ1v) is 7.53. The Labute approximate surface area is 143 Å². The summed E-state index contributed by atoms with van der Waals surface area (Å²) in [5.74, 6) is -0.611. The standard InChI is InChI=1S/C17H16ClFN2O3/c1-10(17(23)21-16-8-3-12(19)9-15(16)18)24-14-6-4-13(5-7-14)20-11(2)22/h3-10H,1-2H3,(H,20,22)(H,21,23)/t10-/m0/s1. The van der Waals surface area contributed by atoms with Crippen LogP contribution in [0.1, 0.15) is 13.8 Å². The Kier molecular flexibility index (Phi) is 5.76. The Morgan fingerprint density at radius 2 is 1.79 bits per heavy atom. The fraction of sp³-hybridized carbons (Fsp3) is 0.176. The van der Waals surface area contributed by atoms with Crippen LogP contribution in [0.25, 0.3) is 0 Å². The van der Waals surface area contributed by atoms with Crippen LogP contribution in [0.2, 0.25) is 5.02 Å². The van der Waals surface area contributed by atoms with E-state index in [0.717, 1.165) is 6.07 Å². The molecule has 0 saturated heterocycles. The molecule has 2 aromatic rings. The van der Waals surface area contributed by atoms with Crippen molar-refractivity contribution in [1.82, 2.24) is 0 Å². The van der Waals surface area contributed by atoms with Gasteiger partial charge < -0.3 is 15.4 Å². The van der Waals surface area contributed by atoms with Gasteiger partial charge in [0, 0.05) is 12.6 Å². The van der Waals surface area contributed by atoms with Gasteiger partial charge in [-0.2, -0.15) is 0 Å². The molecule has 0 heterocycles. The maximum absolute atomic E-state index is 13.0. The van der Waals surface area contributed by atoms with Gasteiger partial charge >= 0.3 is 0 Å². The summed E-state index contributed by atoms with van der Waals surface area (Å²) in [6, 6.07) is 10.3. The zero-order valence-electron chi connectivity index (χ0n) is 13.1. The van der Waals surface area contributed by atoms with Crippen LogP contribution in [-0.4, -0.2) is 17.9 Å². The second-order valence-corrected chi connectivity index (χ2v) is 5.49. The van der Waals surface area contributed by atoms with E-state index in [-0.39, 0.29) is 10.9 Å². The summed E-state index contributed by atoms with van der Waals surface area (Å²) in [6.45, 7) is 2.99. The highest BCUT2D eigenvalue weighted by molar-refractivity contribution is 6.33. The first-order valence-electron chi connectivity index (χ1n) is 7.15. The van der Waals surface area contributed by atoms with Crippen molar-refractivity contribution in [2.45, 2.75) is 20.0 Å². The van der Waals surface area contributed by atoms with Gasteiger partial charge in [0.05, 0.1) is 10.7 Å². The summed E-state index contributed by atoms with van der Waals surface area (Å²) in [5.41, 5.74) is 0.935. The normalized spacial score (nSPS) is 11.5. The topological polar surface area (TPSA) is 67.4 Å². The molecule has 2 rings (SSSR count). The van der Waals surface area contributed by atoms with Crippen molar-refractivity contribution in [2.75, 3.05) is 10.6 Å². The number of nitrogens with one attached hydrogen (secondary N) is 2. The minimum atomic E-state index is -0.794. The number of halogens is 2. The number of carbonyl (C=O) groups is 2. The lowest BCUT2D eigenvalue weighted by molar-refractivity contribution is -0.122. The fourth-order valence-electron chi connectivity index (χ4n) is 1.90. The summed E-state index contributed by atoms with van der Waals surface area (Å²) in [4.78, 5) is 23.1. The predicted octanol–water partition coefficient (Wildman–Crippen LogP) is 3.84. The van der Waals surface area contributed by atoms with Crippen molar-refractivity contribution in [3.8, 4) is 5.75 Å². The van der Waals surface area contributed by atoms with Crippen molar-refractivity contribution in [3.63, 3.8) is 0 Å². The Hall–Kier alpha value is -2.60. The number of hydrogen-bond donors (Lipinski definition) is 2. The van der Waals surface area contributed by atoms with Gasteiger partial charge in [0.15, 0.2) is 6.10 Å². The van der Waals surface area contributed by atoms with Crippen LogP contribution >= 0.6 is 11.6 Å². The van der Waals surface area contributed by atoms with E-state index >= 15 is 0 Å². The van der Waals surface area contributed by atoms with E-state index < -0.39 is 17.8 Å². The summed E-state index contributed by atoms with van der Waals surface area (Å²) in [5, 5.41) is 5.31. The molecule has 0 aliphatic rings. The molecule has 24 heavy (non-hydrogen) atoms. The third-order valence-corrected chi connectivity index (χ3v) is 3.36. The van der Waals surface area contributed by atoms with Crippen LogP contribution in [-0.2, 0) is 9.59 Å². The van der Waals surface area contributed by atoms with Crippen LogP contribution < -0.4 is 15.4 Å². The predicted molar refractivity (Wildman–Crippen MR) is 90.9 cm³/mol. The molecule has 0 aliphatic heterocycles. The summed E-state index contributed by atoms with van der Waals surface area (Å²) >= 11 is 5.87. The molecule has 126 valence electrons. The molecule has 5 nitrogen and oxygen atoms in total. The SMILES string of the molecule is CC(=O)Nc1ccc(O[C@@H](C)C(=O)Nc2ccc(F)cc2Cl)cc1. The largest absolute Gasteiger partial charge is 0.481 e. The number of rotatable bonds is 5. The van der Waals surface area contributed by atoms with Gasteiger partial charge in [0.25, 0.3) is 5.91 Å². The van der Waals surface area contributed by atoms with Gasteiger partial charge in [-0.25, -0.2) is 4.39 Å². The van der Waals surface area contributed by atoms with Crippen molar-refractivity contribution in [2.24, 2.45) is 0 Å². The maximum Gasteiger partial charge on any atom is 0.265 e. The zero-order chi connectivity index (χ0) is 17.7. The average molecular weight is 351 g/mol. The molecule has 0 spiro atoms. The van der Waals surface area contributed by atoms with E-state index in [2.05, 4.69) is 10.6 Å². The molecule has 1 atom stereocenters. The molecule has 0 unspecified atom stereocenters. The lowest BCUT2D eigenvalue weighted by Gasteiger charge is -2.15. The van der Waals surface area contributed by atoms with Gasteiger partial charge in [0.2, 0.25) is 5.91 Å². The fourth-order valence-corrected chi connectivity index (χ4v) is 2.12. The highest BCUT2D eigenvalue weighted by Gasteiger charge is 2.16. The van der Waals surface area contributed by atoms with Crippen molar-refractivity contribution in [1.29, 1.82) is 0 Å². The van der Waals surface area contributed by atoms with Gasteiger partial charge in [-0.15, -0.1) is 0 Å². The second-order valence-electron chi connectivity index (χ2n) is 5.08. The van der Waals surface area contributed by atoms with Gasteiger partial charge in [-0.05, 0) is 49.4 Å². The molecular weight excluding hydrogens is 335 g/mol. The Balaban J connectivity index is 1.97. The number of benzene rings is 2. The van der Waals surface area contributed by atoms with Crippen LogP contribution in [0.3, 0.4) is 0 Å². The van der Waals surface area contributed by atoms with E-state index in [1.807, 2.05) is 0 Å². The summed E-state index contributed by atoms with van der Waals surface area (Å²) in [7, 11) is 0. The van der Waals surface area contributed by atoms with E-state index in [9.17, 15) is 14.0 Å². The Morgan fingerprint density at radius 3 is 2.38 bits per heavy atom. The van der Waals surface area contributed by atoms with Crippen LogP contribution in [0.4, 0.5) is 15.8 Å².